The van der Waals surface area contributed by atoms with Crippen LogP contribution >= 0.6 is 0 Å². The van der Waals surface area contributed by atoms with Crippen LogP contribution in [0.15, 0.2) is 73.1 Å². The second-order valence-corrected chi connectivity index (χ2v) is 7.41. The minimum absolute atomic E-state index is 0.403. The van der Waals surface area contributed by atoms with E-state index in [-0.39, 0.29) is 0 Å². The van der Waals surface area contributed by atoms with Gasteiger partial charge >= 0.3 is 6.03 Å². The molecular formula is C24H24N6O. The number of aromatic nitrogens is 1. The molecule has 1 aliphatic rings. The lowest BCUT2D eigenvalue weighted by Gasteiger charge is -2.39. The third-order valence-corrected chi connectivity index (χ3v) is 5.56. The maximum absolute atomic E-state index is 11.8. The maximum Gasteiger partial charge on any atom is 0.312 e. The monoisotopic (exact) mass is 412 g/mol. The van der Waals surface area contributed by atoms with Crippen LogP contribution in [0.3, 0.4) is 0 Å². The molecule has 2 aromatic carbocycles. The third-order valence-electron chi connectivity index (χ3n) is 5.56. The fourth-order valence-electron chi connectivity index (χ4n) is 4.01. The number of primary amides is 1. The normalized spacial score (nSPS) is 14.5. The van der Waals surface area contributed by atoms with Crippen molar-refractivity contribution in [3.63, 3.8) is 0 Å². The molecule has 0 spiro atoms. The molecule has 7 heteroatoms. The van der Waals surface area contributed by atoms with Gasteiger partial charge in [-0.3, -0.25) is 4.98 Å². The summed E-state index contributed by atoms with van der Waals surface area (Å²) in [5.41, 5.74) is 10.2. The molecule has 3 aromatic rings. The van der Waals surface area contributed by atoms with Gasteiger partial charge in [-0.05, 0) is 35.9 Å². The van der Waals surface area contributed by atoms with Gasteiger partial charge in [-0.25, -0.2) is 4.79 Å². The summed E-state index contributed by atoms with van der Waals surface area (Å²) in [4.78, 5) is 20.6. The zero-order chi connectivity index (χ0) is 21.6. The molecule has 1 fully saturated rings. The Bertz CT molecular complexity index is 1070. The Kier molecular flexibility index (Phi) is 5.99. The van der Waals surface area contributed by atoms with Crippen LogP contribution in [0.1, 0.15) is 22.7 Å². The number of nitrogens with two attached hydrogens (primary N) is 1. The van der Waals surface area contributed by atoms with E-state index in [0.717, 1.165) is 43.0 Å². The van der Waals surface area contributed by atoms with Gasteiger partial charge in [0.1, 0.15) is 0 Å². The molecule has 2 heterocycles. The summed E-state index contributed by atoms with van der Waals surface area (Å²) in [6.07, 6.45) is 3.63. The van der Waals surface area contributed by atoms with Gasteiger partial charge < -0.3 is 20.9 Å². The van der Waals surface area contributed by atoms with Crippen molar-refractivity contribution in [2.24, 2.45) is 5.73 Å². The number of carbonyl (C=O) groups is 1. The number of hydrogen-bond acceptors (Lipinski definition) is 5. The van der Waals surface area contributed by atoms with Gasteiger partial charge in [-0.2, -0.15) is 5.26 Å². The highest BCUT2D eigenvalue weighted by atomic mass is 16.2. The average molecular weight is 412 g/mol. The zero-order valence-electron chi connectivity index (χ0n) is 17.1. The lowest BCUT2D eigenvalue weighted by atomic mass is 9.95. The van der Waals surface area contributed by atoms with Crippen LogP contribution in [0.25, 0.3) is 0 Å². The number of anilines is 2. The van der Waals surface area contributed by atoms with E-state index < -0.39 is 12.1 Å². The van der Waals surface area contributed by atoms with Crippen molar-refractivity contribution in [3.05, 3.63) is 89.7 Å². The van der Waals surface area contributed by atoms with Gasteiger partial charge in [-0.1, -0.05) is 30.3 Å². The number of pyridine rings is 1. The summed E-state index contributed by atoms with van der Waals surface area (Å²) >= 11 is 0. The molecule has 1 atom stereocenters. The summed E-state index contributed by atoms with van der Waals surface area (Å²) in [7, 11) is 0. The van der Waals surface area contributed by atoms with Crippen LogP contribution in [-0.2, 0) is 0 Å². The number of para-hydroxylation sites is 1. The van der Waals surface area contributed by atoms with Crippen LogP contribution < -0.4 is 20.9 Å². The third kappa shape index (κ3) is 4.59. The first kappa shape index (κ1) is 20.2. The second-order valence-electron chi connectivity index (χ2n) is 7.41. The summed E-state index contributed by atoms with van der Waals surface area (Å²) < 4.78 is 0. The van der Waals surface area contributed by atoms with Crippen molar-refractivity contribution < 1.29 is 4.79 Å². The number of hydrogen-bond donors (Lipinski definition) is 2. The predicted molar refractivity (Wildman–Crippen MR) is 121 cm³/mol. The number of nitrogens with zero attached hydrogens (tertiary/aromatic N) is 4. The fourth-order valence-corrected chi connectivity index (χ4v) is 4.01. The molecule has 0 saturated carbocycles. The van der Waals surface area contributed by atoms with Crippen molar-refractivity contribution in [1.29, 1.82) is 5.26 Å². The summed E-state index contributed by atoms with van der Waals surface area (Å²) in [5.74, 6) is 0. The first-order valence-electron chi connectivity index (χ1n) is 10.2. The predicted octanol–water partition coefficient (Wildman–Crippen LogP) is 3.04. The number of amides is 2. The van der Waals surface area contributed by atoms with Crippen LogP contribution in [0.5, 0.6) is 0 Å². The van der Waals surface area contributed by atoms with E-state index in [2.05, 4.69) is 32.2 Å². The summed E-state index contributed by atoms with van der Waals surface area (Å²) in [5, 5.41) is 12.0. The van der Waals surface area contributed by atoms with Crippen LogP contribution in [-0.4, -0.2) is 37.2 Å². The lowest BCUT2D eigenvalue weighted by molar-refractivity contribution is 0.247. The number of carbonyl (C=O) groups excluding carboxylic acids is 1. The minimum Gasteiger partial charge on any atom is -0.368 e. The van der Waals surface area contributed by atoms with Crippen LogP contribution in [0.4, 0.5) is 16.2 Å². The van der Waals surface area contributed by atoms with E-state index in [1.54, 1.807) is 12.1 Å². The standard InChI is InChI=1S/C24H24N6O/c25-17-18-5-7-19(8-6-18)23(28-24(26)31)21-3-1-2-4-22(21)30-15-13-29(14-16-30)20-9-11-27-12-10-20/h1-12,23H,13-16H2,(H3,26,28,31). The van der Waals surface area contributed by atoms with Crippen LogP contribution in [0, 0.1) is 11.3 Å². The lowest BCUT2D eigenvalue weighted by Crippen LogP contribution is -2.47. The van der Waals surface area contributed by atoms with E-state index in [1.165, 1.54) is 5.69 Å². The van der Waals surface area contributed by atoms with Crippen molar-refractivity contribution in [1.82, 2.24) is 10.3 Å². The quantitative estimate of drug-likeness (QED) is 0.671. The van der Waals surface area contributed by atoms with Crippen molar-refractivity contribution >= 4 is 17.4 Å². The number of nitrogens with one attached hydrogen (secondary N) is 1. The molecule has 1 unspecified atom stereocenters. The molecule has 2 amide bonds. The highest BCUT2D eigenvalue weighted by molar-refractivity contribution is 5.74. The molecule has 31 heavy (non-hydrogen) atoms. The molecule has 156 valence electrons. The Morgan fingerprint density at radius 2 is 1.61 bits per heavy atom. The van der Waals surface area contributed by atoms with Gasteiger partial charge in [0.15, 0.2) is 0 Å². The van der Waals surface area contributed by atoms with Gasteiger partial charge in [0.25, 0.3) is 0 Å². The van der Waals surface area contributed by atoms with E-state index in [9.17, 15) is 4.79 Å². The Balaban J connectivity index is 1.60. The molecule has 4 rings (SSSR count). The van der Waals surface area contributed by atoms with Gasteiger partial charge in [0.05, 0.1) is 17.7 Å². The topological polar surface area (TPSA) is 98.3 Å². The fraction of sp³-hybridized carbons (Fsp3) is 0.208. The van der Waals surface area contributed by atoms with Crippen molar-refractivity contribution in [3.8, 4) is 6.07 Å². The highest BCUT2D eigenvalue weighted by Crippen LogP contribution is 2.32. The van der Waals surface area contributed by atoms with Crippen LogP contribution in [0.2, 0.25) is 0 Å². The zero-order valence-corrected chi connectivity index (χ0v) is 17.1. The average Bonchev–Trinajstić information content (AvgIpc) is 2.83. The molecule has 0 aliphatic carbocycles. The van der Waals surface area contributed by atoms with E-state index in [0.29, 0.717) is 5.56 Å². The molecule has 1 aliphatic heterocycles. The van der Waals surface area contributed by atoms with Gasteiger partial charge in [-0.15, -0.1) is 0 Å². The second kappa shape index (κ2) is 9.18. The smallest absolute Gasteiger partial charge is 0.312 e. The number of nitriles is 1. The summed E-state index contributed by atoms with van der Waals surface area (Å²) in [6, 6.07) is 20.5. The van der Waals surface area contributed by atoms with Crippen molar-refractivity contribution in [2.45, 2.75) is 6.04 Å². The molecule has 7 nitrogen and oxygen atoms in total. The number of urea groups is 1. The minimum atomic E-state index is -0.591. The Morgan fingerprint density at radius 3 is 2.26 bits per heavy atom. The molecule has 1 aromatic heterocycles. The highest BCUT2D eigenvalue weighted by Gasteiger charge is 2.24. The Morgan fingerprint density at radius 1 is 0.968 bits per heavy atom. The number of benzene rings is 2. The molecular weight excluding hydrogens is 388 g/mol. The SMILES string of the molecule is N#Cc1ccc(C(NC(N)=O)c2ccccc2N2CCN(c3ccncc3)CC2)cc1. The molecule has 3 N–H and O–H groups in total. The first-order valence-corrected chi connectivity index (χ1v) is 10.2. The molecule has 1 saturated heterocycles. The first-order chi connectivity index (χ1) is 15.2. The molecule has 0 bridgehead atoms. The van der Waals surface area contributed by atoms with E-state index >= 15 is 0 Å². The Labute approximate surface area is 181 Å². The van der Waals surface area contributed by atoms with Crippen molar-refractivity contribution in [2.75, 3.05) is 36.0 Å². The Hall–Kier alpha value is -4.05. The molecule has 0 radical (unpaired) electrons. The largest absolute Gasteiger partial charge is 0.368 e. The maximum atomic E-state index is 11.8. The van der Waals surface area contributed by atoms with Gasteiger partial charge in [0.2, 0.25) is 0 Å². The van der Waals surface area contributed by atoms with E-state index in [4.69, 9.17) is 11.0 Å². The number of piperazine rings is 1. The van der Waals surface area contributed by atoms with Gasteiger partial charge in [0, 0.05) is 55.5 Å². The number of rotatable bonds is 5. The summed E-state index contributed by atoms with van der Waals surface area (Å²) in [6.45, 7) is 3.50. The van der Waals surface area contributed by atoms with E-state index in [1.807, 2.05) is 54.9 Å².